The highest BCUT2D eigenvalue weighted by Crippen LogP contribution is 2.37. The number of hydrogen-bond acceptors (Lipinski definition) is 4. The first-order valence-corrected chi connectivity index (χ1v) is 11.1. The van der Waals surface area contributed by atoms with Gasteiger partial charge in [-0.05, 0) is 78.4 Å². The first-order chi connectivity index (χ1) is 15.5. The molecule has 3 aromatic rings. The van der Waals surface area contributed by atoms with E-state index < -0.39 is 0 Å². The summed E-state index contributed by atoms with van der Waals surface area (Å²) in [7, 11) is 1.39. The molecule has 0 unspecified atom stereocenters. The molecule has 0 spiro atoms. The van der Waals surface area contributed by atoms with Crippen molar-refractivity contribution in [2.24, 2.45) is 0 Å². The summed E-state index contributed by atoms with van der Waals surface area (Å²) in [4.78, 5) is 26.7. The van der Waals surface area contributed by atoms with Crippen LogP contribution in [0.25, 0.3) is 10.8 Å². The van der Waals surface area contributed by atoms with Crippen LogP contribution in [-0.4, -0.2) is 43.4 Å². The number of halogens is 1. The maximum Gasteiger partial charge on any atom is 0.309 e. The zero-order valence-electron chi connectivity index (χ0n) is 18.6. The van der Waals surface area contributed by atoms with Crippen molar-refractivity contribution in [3.8, 4) is 0 Å². The van der Waals surface area contributed by atoms with Gasteiger partial charge < -0.3 is 4.74 Å². The molecule has 0 aliphatic carbocycles. The second kappa shape index (κ2) is 9.61. The lowest BCUT2D eigenvalue weighted by Crippen LogP contribution is -2.37. The van der Waals surface area contributed by atoms with Crippen LogP contribution in [0.1, 0.15) is 45.8 Å². The number of benzene rings is 3. The van der Waals surface area contributed by atoms with Crippen LogP contribution in [0.2, 0.25) is 0 Å². The van der Waals surface area contributed by atoms with E-state index in [1.165, 1.54) is 13.2 Å². The zero-order chi connectivity index (χ0) is 22.7. The van der Waals surface area contributed by atoms with Gasteiger partial charge in [-0.1, -0.05) is 42.5 Å². The van der Waals surface area contributed by atoms with E-state index in [1.54, 1.807) is 12.1 Å². The van der Waals surface area contributed by atoms with Crippen LogP contribution in [0.5, 0.6) is 0 Å². The van der Waals surface area contributed by atoms with Gasteiger partial charge in [-0.3, -0.25) is 14.5 Å². The van der Waals surface area contributed by atoms with Crippen LogP contribution < -0.4 is 0 Å². The molecule has 5 heteroatoms. The van der Waals surface area contributed by atoms with Crippen molar-refractivity contribution in [3.63, 3.8) is 0 Å². The summed E-state index contributed by atoms with van der Waals surface area (Å²) in [6.07, 6.45) is 1.97. The Labute approximate surface area is 188 Å². The smallest absolute Gasteiger partial charge is 0.309 e. The monoisotopic (exact) mass is 433 g/mol. The van der Waals surface area contributed by atoms with Gasteiger partial charge in [-0.25, -0.2) is 4.39 Å². The van der Waals surface area contributed by atoms with Crippen molar-refractivity contribution >= 4 is 22.5 Å². The van der Waals surface area contributed by atoms with Crippen LogP contribution in [0.3, 0.4) is 0 Å². The molecular formula is C27H28FNO3. The van der Waals surface area contributed by atoms with Crippen molar-refractivity contribution in [3.05, 3.63) is 82.7 Å². The maximum absolute atomic E-state index is 14.1. The highest BCUT2D eigenvalue weighted by atomic mass is 19.1. The first-order valence-electron chi connectivity index (χ1n) is 11.1. The fourth-order valence-electron chi connectivity index (χ4n) is 4.79. The lowest BCUT2D eigenvalue weighted by atomic mass is 9.81. The number of ketones is 1. The molecule has 166 valence electrons. The molecule has 0 atom stereocenters. The quantitative estimate of drug-likeness (QED) is 0.402. The van der Waals surface area contributed by atoms with Crippen LogP contribution in [0.15, 0.2) is 54.6 Å². The van der Waals surface area contributed by atoms with Gasteiger partial charge in [0, 0.05) is 5.56 Å². The fourth-order valence-corrected chi connectivity index (χ4v) is 4.79. The highest BCUT2D eigenvalue weighted by Gasteiger charge is 2.26. The second-order valence-corrected chi connectivity index (χ2v) is 8.53. The third kappa shape index (κ3) is 4.73. The number of rotatable bonds is 6. The Balaban J connectivity index is 1.57. The molecule has 1 heterocycles. The Kier molecular flexibility index (Phi) is 6.66. The molecule has 0 N–H and O–H groups in total. The summed E-state index contributed by atoms with van der Waals surface area (Å²) in [6, 6.07) is 16.2. The molecule has 4 nitrogen and oxygen atoms in total. The molecule has 3 aromatic carbocycles. The lowest BCUT2D eigenvalue weighted by molar-refractivity contribution is -0.139. The molecule has 32 heavy (non-hydrogen) atoms. The number of Topliss-reactive ketones (excluding diaryl/α,β-unsaturated/α-hetero) is 1. The summed E-state index contributed by atoms with van der Waals surface area (Å²) in [6.45, 7) is 4.04. The molecule has 0 saturated carbocycles. The van der Waals surface area contributed by atoms with E-state index in [2.05, 4.69) is 4.90 Å². The van der Waals surface area contributed by atoms with Gasteiger partial charge in [-0.15, -0.1) is 0 Å². The number of carbonyl (C=O) groups excluding carboxylic acids is 2. The number of nitrogens with zero attached hydrogens (tertiary/aromatic N) is 1. The van der Waals surface area contributed by atoms with Crippen LogP contribution >= 0.6 is 0 Å². The molecule has 1 saturated heterocycles. The summed E-state index contributed by atoms with van der Waals surface area (Å²) < 4.78 is 19.0. The Morgan fingerprint density at radius 2 is 1.78 bits per heavy atom. The van der Waals surface area contributed by atoms with E-state index in [9.17, 15) is 14.0 Å². The van der Waals surface area contributed by atoms with Gasteiger partial charge in [0.15, 0.2) is 5.78 Å². The number of piperidine rings is 1. The van der Waals surface area contributed by atoms with Gasteiger partial charge in [0.1, 0.15) is 5.82 Å². The minimum Gasteiger partial charge on any atom is -0.469 e. The Morgan fingerprint density at radius 1 is 1.06 bits per heavy atom. The molecule has 1 aliphatic heterocycles. The molecule has 4 rings (SSSR count). The van der Waals surface area contributed by atoms with Gasteiger partial charge in [-0.2, -0.15) is 0 Å². The minimum absolute atomic E-state index is 0.132. The molecule has 0 aromatic heterocycles. The van der Waals surface area contributed by atoms with E-state index in [0.29, 0.717) is 6.54 Å². The highest BCUT2D eigenvalue weighted by molar-refractivity contribution is 5.97. The van der Waals surface area contributed by atoms with E-state index in [4.69, 9.17) is 4.74 Å². The topological polar surface area (TPSA) is 46.6 Å². The van der Waals surface area contributed by atoms with Crippen molar-refractivity contribution in [1.29, 1.82) is 0 Å². The molecule has 0 radical (unpaired) electrons. The predicted octanol–water partition coefficient (Wildman–Crippen LogP) is 5.07. The average molecular weight is 434 g/mol. The average Bonchev–Trinajstić information content (AvgIpc) is 2.81. The van der Waals surface area contributed by atoms with Crippen LogP contribution in [0.4, 0.5) is 4.39 Å². The first kappa shape index (κ1) is 22.2. The lowest BCUT2D eigenvalue weighted by Gasteiger charge is -2.33. The van der Waals surface area contributed by atoms with Crippen LogP contribution in [0, 0.1) is 12.7 Å². The van der Waals surface area contributed by atoms with Gasteiger partial charge in [0.25, 0.3) is 0 Å². The minimum atomic E-state index is -0.283. The van der Waals surface area contributed by atoms with E-state index in [0.717, 1.165) is 59.0 Å². The normalized spacial score (nSPS) is 15.1. The molecule has 1 fully saturated rings. The van der Waals surface area contributed by atoms with Crippen LogP contribution in [-0.2, 0) is 16.0 Å². The van der Waals surface area contributed by atoms with Crippen molar-refractivity contribution in [2.45, 2.75) is 32.1 Å². The van der Waals surface area contributed by atoms with Crippen molar-refractivity contribution < 1.29 is 18.7 Å². The number of ether oxygens (including phenoxy) is 1. The number of esters is 1. The predicted molar refractivity (Wildman–Crippen MR) is 124 cm³/mol. The Hall–Kier alpha value is -3.05. The van der Waals surface area contributed by atoms with Crippen molar-refractivity contribution in [2.75, 3.05) is 26.7 Å². The molecule has 0 bridgehead atoms. The van der Waals surface area contributed by atoms with E-state index in [-0.39, 0.29) is 29.9 Å². The van der Waals surface area contributed by atoms with Gasteiger partial charge in [0.2, 0.25) is 0 Å². The molecule has 1 aliphatic rings. The second-order valence-electron chi connectivity index (χ2n) is 8.53. The van der Waals surface area contributed by atoms with Gasteiger partial charge in [0.05, 0.1) is 20.1 Å². The molecule has 0 amide bonds. The Bertz CT molecular complexity index is 1130. The number of hydrogen-bond donors (Lipinski definition) is 0. The zero-order valence-corrected chi connectivity index (χ0v) is 18.6. The maximum atomic E-state index is 14.1. The van der Waals surface area contributed by atoms with Gasteiger partial charge >= 0.3 is 5.97 Å². The molecular weight excluding hydrogens is 405 g/mol. The summed E-state index contributed by atoms with van der Waals surface area (Å²) >= 11 is 0. The largest absolute Gasteiger partial charge is 0.469 e. The number of fused-ring (bicyclic) bond motifs is 1. The van der Waals surface area contributed by atoms with Crippen molar-refractivity contribution in [1.82, 2.24) is 4.90 Å². The number of carbonyl (C=O) groups is 2. The van der Waals surface area contributed by atoms with E-state index >= 15 is 0 Å². The summed E-state index contributed by atoms with van der Waals surface area (Å²) in [5.41, 5.74) is 3.82. The Morgan fingerprint density at radius 3 is 2.47 bits per heavy atom. The SMILES string of the molecule is COC(=O)Cc1cc2ccc(F)cc2c(C2CCN(CC(=O)c3ccccc3)CC2)c1C. The fraction of sp³-hybridized carbons (Fsp3) is 0.333. The van der Waals surface area contributed by atoms with E-state index in [1.807, 2.05) is 43.3 Å². The third-order valence-electron chi connectivity index (χ3n) is 6.54. The summed E-state index contributed by atoms with van der Waals surface area (Å²) in [5.74, 6) is -0.160. The summed E-state index contributed by atoms with van der Waals surface area (Å²) in [5, 5.41) is 1.85. The number of likely N-dealkylation sites (tertiary alicyclic amines) is 1. The number of methoxy groups -OCH3 is 1. The third-order valence-corrected chi connectivity index (χ3v) is 6.54. The standard InChI is InChI=1S/C27H28FNO3/c1-18-22(15-26(31)32-2)14-21-8-9-23(28)16-24(21)27(18)20-10-12-29(13-11-20)17-25(30)19-6-4-3-5-7-19/h3-9,14,16,20H,10-13,15,17H2,1-2H3.